The zero-order valence-corrected chi connectivity index (χ0v) is 9.28. The number of hydrogen-bond donors (Lipinski definition) is 2. The van der Waals surface area contributed by atoms with Crippen molar-refractivity contribution in [2.45, 2.75) is 38.3 Å². The van der Waals surface area contributed by atoms with Gasteiger partial charge in [-0.25, -0.2) is 4.79 Å². The molecule has 2 N–H and O–H groups in total. The lowest BCUT2D eigenvalue weighted by Gasteiger charge is -2.11. The molecule has 1 aromatic rings. The van der Waals surface area contributed by atoms with Crippen molar-refractivity contribution in [1.29, 1.82) is 0 Å². The van der Waals surface area contributed by atoms with Crippen LogP contribution in [-0.2, 0) is 6.54 Å². The Labute approximate surface area is 95.5 Å². The van der Waals surface area contributed by atoms with E-state index in [0.717, 1.165) is 12.1 Å². The maximum absolute atomic E-state index is 10.8. The highest BCUT2D eigenvalue weighted by Gasteiger charge is 2.13. The Morgan fingerprint density at radius 1 is 1.38 bits per heavy atom. The fraction of sp³-hybridized carbons (Fsp3) is 0.462. The van der Waals surface area contributed by atoms with E-state index in [0.29, 0.717) is 11.6 Å². The number of rotatable bonds is 4. The average molecular weight is 219 g/mol. The van der Waals surface area contributed by atoms with Crippen LogP contribution >= 0.6 is 0 Å². The molecule has 0 aliphatic heterocycles. The first-order valence-electron chi connectivity index (χ1n) is 5.81. The average Bonchev–Trinajstić information content (AvgIpc) is 2.79. The molecule has 0 radical (unpaired) electrons. The number of aromatic carboxylic acids is 1. The predicted molar refractivity (Wildman–Crippen MR) is 62.5 cm³/mol. The minimum atomic E-state index is -0.859. The smallest absolute Gasteiger partial charge is 0.335 e. The van der Waals surface area contributed by atoms with Crippen molar-refractivity contribution in [2.24, 2.45) is 0 Å². The molecule has 0 spiro atoms. The summed E-state index contributed by atoms with van der Waals surface area (Å²) in [7, 11) is 0. The third kappa shape index (κ3) is 2.83. The molecule has 3 nitrogen and oxygen atoms in total. The molecule has 0 aromatic heterocycles. The van der Waals surface area contributed by atoms with E-state index in [-0.39, 0.29) is 0 Å². The van der Waals surface area contributed by atoms with E-state index in [9.17, 15) is 4.79 Å². The van der Waals surface area contributed by atoms with Gasteiger partial charge in [-0.2, -0.15) is 0 Å². The number of carboxylic acid groups (broad SMARTS) is 1. The second-order valence-electron chi connectivity index (χ2n) is 4.37. The second kappa shape index (κ2) is 5.12. The lowest BCUT2D eigenvalue weighted by molar-refractivity contribution is 0.0697. The molecular weight excluding hydrogens is 202 g/mol. The molecule has 1 aliphatic rings. The number of nitrogens with one attached hydrogen (secondary N) is 1. The van der Waals surface area contributed by atoms with Gasteiger partial charge in [0.25, 0.3) is 0 Å². The highest BCUT2D eigenvalue weighted by molar-refractivity contribution is 5.87. The summed E-state index contributed by atoms with van der Waals surface area (Å²) in [5.41, 5.74) is 1.41. The molecule has 0 amide bonds. The normalized spacial score (nSPS) is 16.5. The van der Waals surface area contributed by atoms with Crippen LogP contribution in [0.15, 0.2) is 24.3 Å². The minimum absolute atomic E-state index is 0.366. The fourth-order valence-corrected chi connectivity index (χ4v) is 2.21. The number of hydrogen-bond acceptors (Lipinski definition) is 2. The molecule has 1 fully saturated rings. The quantitative estimate of drug-likeness (QED) is 0.817. The summed E-state index contributed by atoms with van der Waals surface area (Å²) in [4.78, 5) is 10.8. The Balaban J connectivity index is 1.93. The van der Waals surface area contributed by atoms with Gasteiger partial charge in [0.05, 0.1) is 5.56 Å². The zero-order chi connectivity index (χ0) is 11.4. The molecule has 0 saturated heterocycles. The molecule has 0 heterocycles. The third-order valence-electron chi connectivity index (χ3n) is 3.12. The van der Waals surface area contributed by atoms with Crippen LogP contribution in [0.4, 0.5) is 0 Å². The lowest BCUT2D eigenvalue weighted by atomic mass is 10.1. The fourth-order valence-electron chi connectivity index (χ4n) is 2.21. The van der Waals surface area contributed by atoms with Crippen LogP contribution in [0, 0.1) is 0 Å². The van der Waals surface area contributed by atoms with E-state index < -0.39 is 5.97 Å². The van der Waals surface area contributed by atoms with Gasteiger partial charge in [0.2, 0.25) is 0 Å². The van der Waals surface area contributed by atoms with E-state index in [1.165, 1.54) is 25.7 Å². The Bertz CT molecular complexity index is 370. The molecule has 3 heteroatoms. The molecular formula is C13H17NO2. The van der Waals surface area contributed by atoms with E-state index in [1.54, 1.807) is 18.2 Å². The van der Waals surface area contributed by atoms with Crippen LogP contribution in [0.3, 0.4) is 0 Å². The van der Waals surface area contributed by atoms with Crippen molar-refractivity contribution in [3.63, 3.8) is 0 Å². The van der Waals surface area contributed by atoms with Crippen molar-refractivity contribution in [2.75, 3.05) is 0 Å². The van der Waals surface area contributed by atoms with Gasteiger partial charge in [-0.1, -0.05) is 25.0 Å². The van der Waals surface area contributed by atoms with Gasteiger partial charge >= 0.3 is 5.97 Å². The summed E-state index contributed by atoms with van der Waals surface area (Å²) in [5, 5.41) is 12.3. The van der Waals surface area contributed by atoms with Crippen molar-refractivity contribution in [1.82, 2.24) is 5.32 Å². The molecule has 0 atom stereocenters. The Kier molecular flexibility index (Phi) is 3.57. The Hall–Kier alpha value is -1.35. The molecule has 2 rings (SSSR count). The number of benzene rings is 1. The summed E-state index contributed by atoms with van der Waals surface area (Å²) in [5.74, 6) is -0.859. The van der Waals surface area contributed by atoms with Crippen LogP contribution < -0.4 is 5.32 Å². The number of carboxylic acids is 1. The summed E-state index contributed by atoms with van der Waals surface area (Å²) < 4.78 is 0. The minimum Gasteiger partial charge on any atom is -0.478 e. The standard InChI is InChI=1S/C13H17NO2/c15-13(16)11-5-3-4-10(8-11)9-14-12-6-1-2-7-12/h3-5,8,12,14H,1-2,6-7,9H2,(H,15,16). The molecule has 0 unspecified atom stereocenters. The Morgan fingerprint density at radius 2 is 2.12 bits per heavy atom. The third-order valence-corrected chi connectivity index (χ3v) is 3.12. The topological polar surface area (TPSA) is 49.3 Å². The molecule has 1 saturated carbocycles. The first-order valence-corrected chi connectivity index (χ1v) is 5.81. The van der Waals surface area contributed by atoms with Crippen molar-refractivity contribution < 1.29 is 9.90 Å². The predicted octanol–water partition coefficient (Wildman–Crippen LogP) is 2.42. The van der Waals surface area contributed by atoms with E-state index in [2.05, 4.69) is 5.32 Å². The van der Waals surface area contributed by atoms with Crippen LogP contribution in [0.1, 0.15) is 41.6 Å². The zero-order valence-electron chi connectivity index (χ0n) is 9.28. The maximum Gasteiger partial charge on any atom is 0.335 e. The van der Waals surface area contributed by atoms with E-state index in [4.69, 9.17) is 5.11 Å². The van der Waals surface area contributed by atoms with Crippen LogP contribution in [0.2, 0.25) is 0 Å². The molecule has 16 heavy (non-hydrogen) atoms. The highest BCUT2D eigenvalue weighted by Crippen LogP contribution is 2.18. The van der Waals surface area contributed by atoms with Gasteiger partial charge in [-0.15, -0.1) is 0 Å². The summed E-state index contributed by atoms with van der Waals surface area (Å²) in [6.45, 7) is 0.770. The Morgan fingerprint density at radius 3 is 2.81 bits per heavy atom. The summed E-state index contributed by atoms with van der Waals surface area (Å²) >= 11 is 0. The largest absolute Gasteiger partial charge is 0.478 e. The molecule has 1 aromatic carbocycles. The van der Waals surface area contributed by atoms with E-state index in [1.807, 2.05) is 6.07 Å². The molecule has 0 bridgehead atoms. The first kappa shape index (κ1) is 11.1. The van der Waals surface area contributed by atoms with Gasteiger partial charge in [0.15, 0.2) is 0 Å². The monoisotopic (exact) mass is 219 g/mol. The van der Waals surface area contributed by atoms with Crippen LogP contribution in [0.25, 0.3) is 0 Å². The van der Waals surface area contributed by atoms with Crippen molar-refractivity contribution in [3.05, 3.63) is 35.4 Å². The van der Waals surface area contributed by atoms with Gasteiger partial charge in [-0.3, -0.25) is 0 Å². The van der Waals surface area contributed by atoms with Gasteiger partial charge in [0, 0.05) is 12.6 Å². The lowest BCUT2D eigenvalue weighted by Crippen LogP contribution is -2.25. The van der Waals surface area contributed by atoms with Gasteiger partial charge in [0.1, 0.15) is 0 Å². The van der Waals surface area contributed by atoms with Crippen LogP contribution in [-0.4, -0.2) is 17.1 Å². The van der Waals surface area contributed by atoms with Gasteiger partial charge < -0.3 is 10.4 Å². The van der Waals surface area contributed by atoms with Gasteiger partial charge in [-0.05, 0) is 30.5 Å². The summed E-state index contributed by atoms with van der Waals surface area (Å²) in [6, 6.07) is 7.75. The van der Waals surface area contributed by atoms with E-state index >= 15 is 0 Å². The summed E-state index contributed by atoms with van der Waals surface area (Å²) in [6.07, 6.45) is 5.12. The maximum atomic E-state index is 10.8. The molecule has 1 aliphatic carbocycles. The van der Waals surface area contributed by atoms with Crippen LogP contribution in [0.5, 0.6) is 0 Å². The molecule has 86 valence electrons. The number of carbonyl (C=O) groups is 1. The van der Waals surface area contributed by atoms with Crippen molar-refractivity contribution >= 4 is 5.97 Å². The SMILES string of the molecule is O=C(O)c1cccc(CNC2CCCC2)c1. The van der Waals surface area contributed by atoms with Crippen molar-refractivity contribution in [3.8, 4) is 0 Å². The first-order chi connectivity index (χ1) is 7.75. The second-order valence-corrected chi connectivity index (χ2v) is 4.37. The highest BCUT2D eigenvalue weighted by atomic mass is 16.4.